The Hall–Kier alpha value is -1.69. The summed E-state index contributed by atoms with van der Waals surface area (Å²) in [6, 6.07) is 29.7. The van der Waals surface area contributed by atoms with E-state index in [0.717, 1.165) is 17.6 Å². The number of nitrogens with zero attached hydrogens (tertiary/aromatic N) is 1. The Morgan fingerprint density at radius 3 is 2.24 bits per heavy atom. The van der Waals surface area contributed by atoms with Crippen LogP contribution in [0.1, 0.15) is 11.3 Å². The van der Waals surface area contributed by atoms with Crippen LogP contribution in [0, 0.1) is 0 Å². The zero-order valence-electron chi connectivity index (χ0n) is 13.4. The van der Waals surface area contributed by atoms with E-state index in [1.807, 2.05) is 18.2 Å². The Balaban J connectivity index is 0.00000104. The van der Waals surface area contributed by atoms with E-state index in [1.165, 1.54) is 22.1 Å². The summed E-state index contributed by atoms with van der Waals surface area (Å²) in [5.41, 5.74) is 6.02. The molecule has 0 saturated heterocycles. The summed E-state index contributed by atoms with van der Waals surface area (Å²) in [5, 5.41) is 1.19. The molecule has 0 spiro atoms. The smallest absolute Gasteiger partial charge is 1.00 e. The van der Waals surface area contributed by atoms with E-state index in [1.54, 1.807) is 0 Å². The van der Waals surface area contributed by atoms with E-state index < -0.39 is 0 Å². The topological polar surface area (TPSA) is 12.9 Å². The Kier molecular flexibility index (Phi) is 8.29. The molecule has 4 aromatic rings. The van der Waals surface area contributed by atoms with Crippen molar-refractivity contribution in [3.63, 3.8) is 0 Å². The molecule has 0 saturated carbocycles. The van der Waals surface area contributed by atoms with Crippen molar-refractivity contribution < 1.29 is 42.2 Å². The van der Waals surface area contributed by atoms with Gasteiger partial charge in [-0.3, -0.25) is 4.98 Å². The fourth-order valence-electron chi connectivity index (χ4n) is 2.83. The molecule has 1 heterocycles. The van der Waals surface area contributed by atoms with Gasteiger partial charge in [0.1, 0.15) is 0 Å². The molecule has 3 aromatic carbocycles. The minimum atomic E-state index is 0. The summed E-state index contributed by atoms with van der Waals surface area (Å²) < 4.78 is 0. The minimum Gasteiger partial charge on any atom is -1.00 e. The van der Waals surface area contributed by atoms with Gasteiger partial charge in [0.2, 0.25) is 0 Å². The first-order chi connectivity index (χ1) is 10.9. The van der Waals surface area contributed by atoms with Crippen LogP contribution in [0.5, 0.6) is 0 Å². The van der Waals surface area contributed by atoms with Gasteiger partial charge >= 0.3 is 17.4 Å². The Morgan fingerprint density at radius 1 is 0.720 bits per heavy atom. The van der Waals surface area contributed by atoms with Crippen molar-refractivity contribution in [2.45, 2.75) is 6.42 Å². The van der Waals surface area contributed by atoms with Crippen LogP contribution in [-0.2, 0) is 23.8 Å². The van der Waals surface area contributed by atoms with Gasteiger partial charge in [-0.2, -0.15) is 23.3 Å². The number of halogens is 2. The number of fused-ring (bicyclic) bond motifs is 1. The molecule has 4 heteroatoms. The van der Waals surface area contributed by atoms with Crippen molar-refractivity contribution in [1.29, 1.82) is 0 Å². The van der Waals surface area contributed by atoms with Crippen LogP contribution in [0.3, 0.4) is 0 Å². The van der Waals surface area contributed by atoms with E-state index in [4.69, 9.17) is 4.98 Å². The molecule has 0 fully saturated rings. The van der Waals surface area contributed by atoms with Crippen LogP contribution in [0.15, 0.2) is 84.9 Å². The standard InChI is InChI=1S/C21H16N.2ClH.Cr/c1-2-6-17(7-3-1)19-11-10-16(14-19)15-20-13-12-18-8-4-5-9-21(18)22-20;;;/h1-14H,15H2;2*1H;/q-1;;;+3/p-2. The van der Waals surface area contributed by atoms with Crippen molar-refractivity contribution in [1.82, 2.24) is 4.98 Å². The number of para-hydroxylation sites is 1. The van der Waals surface area contributed by atoms with Gasteiger partial charge in [-0.1, -0.05) is 60.2 Å². The molecule has 1 radical (unpaired) electrons. The quantitative estimate of drug-likeness (QED) is 0.408. The van der Waals surface area contributed by atoms with Gasteiger partial charge in [0, 0.05) is 11.1 Å². The molecule has 125 valence electrons. The van der Waals surface area contributed by atoms with Gasteiger partial charge in [0.25, 0.3) is 0 Å². The predicted molar refractivity (Wildman–Crippen MR) is 92.0 cm³/mol. The van der Waals surface area contributed by atoms with Crippen LogP contribution < -0.4 is 24.8 Å². The molecule has 0 unspecified atom stereocenters. The number of rotatable bonds is 3. The minimum absolute atomic E-state index is 0. The molecule has 0 bridgehead atoms. The van der Waals surface area contributed by atoms with Crippen LogP contribution in [-0.4, -0.2) is 4.98 Å². The fraction of sp³-hybridized carbons (Fsp3) is 0.0476. The van der Waals surface area contributed by atoms with Gasteiger partial charge in [-0.15, -0.1) is 0 Å². The molecular weight excluding hydrogens is 389 g/mol. The third kappa shape index (κ3) is 4.91. The van der Waals surface area contributed by atoms with Crippen molar-refractivity contribution in [3.05, 3.63) is 96.2 Å². The molecule has 0 aliphatic rings. The zero-order valence-corrected chi connectivity index (χ0v) is 16.2. The van der Waals surface area contributed by atoms with Gasteiger partial charge in [-0.25, -0.2) is 6.07 Å². The molecule has 0 aliphatic heterocycles. The number of hydrogen-bond acceptors (Lipinski definition) is 1. The first-order valence-electron chi connectivity index (χ1n) is 7.54. The van der Waals surface area contributed by atoms with E-state index in [2.05, 4.69) is 66.7 Å². The maximum atomic E-state index is 4.75. The largest absolute Gasteiger partial charge is 3.00 e. The molecule has 0 atom stereocenters. The summed E-state index contributed by atoms with van der Waals surface area (Å²) in [5.74, 6) is 0. The molecule has 0 aliphatic carbocycles. The number of pyridine rings is 1. The van der Waals surface area contributed by atoms with Gasteiger partial charge in [0.05, 0.1) is 5.52 Å². The zero-order chi connectivity index (χ0) is 14.8. The molecule has 0 N–H and O–H groups in total. The summed E-state index contributed by atoms with van der Waals surface area (Å²) in [7, 11) is 0. The summed E-state index contributed by atoms with van der Waals surface area (Å²) in [6.45, 7) is 0. The number of aromatic nitrogens is 1. The predicted octanol–water partition coefficient (Wildman–Crippen LogP) is -0.783. The van der Waals surface area contributed by atoms with Crippen LogP contribution in [0.4, 0.5) is 0 Å². The monoisotopic (exact) mass is 404 g/mol. The maximum absolute atomic E-state index is 4.75. The number of hydrogen-bond donors (Lipinski definition) is 0. The van der Waals surface area contributed by atoms with Crippen molar-refractivity contribution in [2.24, 2.45) is 0 Å². The average Bonchev–Trinajstić information content (AvgIpc) is 3.04. The molecule has 4 rings (SSSR count). The maximum Gasteiger partial charge on any atom is 3.00 e. The Morgan fingerprint density at radius 2 is 1.44 bits per heavy atom. The van der Waals surface area contributed by atoms with Crippen molar-refractivity contribution >= 4 is 10.9 Å². The van der Waals surface area contributed by atoms with E-state index in [9.17, 15) is 0 Å². The first kappa shape index (κ1) is 21.4. The molecule has 0 amide bonds. The van der Waals surface area contributed by atoms with Gasteiger partial charge in [0.15, 0.2) is 0 Å². The third-order valence-electron chi connectivity index (χ3n) is 3.97. The SMILES string of the molecule is [Cl-].[Cl-].[Cr+3].c1ccc(-c2cc[c-](Cc3ccc4ccccc4n3)c2)cc1. The molecule has 1 nitrogen and oxygen atoms in total. The summed E-state index contributed by atoms with van der Waals surface area (Å²) >= 11 is 0. The third-order valence-corrected chi connectivity index (χ3v) is 3.97. The van der Waals surface area contributed by atoms with Crippen LogP contribution >= 0.6 is 0 Å². The normalized spacial score (nSPS) is 9.60. The van der Waals surface area contributed by atoms with Crippen LogP contribution in [0.2, 0.25) is 0 Å². The van der Waals surface area contributed by atoms with Crippen molar-refractivity contribution in [2.75, 3.05) is 0 Å². The van der Waals surface area contributed by atoms with E-state index >= 15 is 0 Å². The summed E-state index contributed by atoms with van der Waals surface area (Å²) in [4.78, 5) is 4.75. The number of benzene rings is 2. The second-order valence-electron chi connectivity index (χ2n) is 5.55. The van der Waals surface area contributed by atoms with Gasteiger partial charge < -0.3 is 24.8 Å². The molecule has 25 heavy (non-hydrogen) atoms. The van der Waals surface area contributed by atoms with Gasteiger partial charge in [-0.05, 0) is 18.6 Å². The Labute approximate surface area is 171 Å². The molecular formula is C21H16Cl2CrN. The van der Waals surface area contributed by atoms with Crippen molar-refractivity contribution in [3.8, 4) is 11.1 Å². The fourth-order valence-corrected chi connectivity index (χ4v) is 2.83. The van der Waals surface area contributed by atoms with Crippen LogP contribution in [0.25, 0.3) is 22.0 Å². The molecule has 1 aromatic heterocycles. The Bertz CT molecular complexity index is 919. The average molecular weight is 405 g/mol. The summed E-state index contributed by atoms with van der Waals surface area (Å²) in [6.07, 6.45) is 0.873. The second kappa shape index (κ2) is 9.71. The first-order valence-corrected chi connectivity index (χ1v) is 7.54. The van der Waals surface area contributed by atoms with E-state index in [-0.39, 0.29) is 42.2 Å². The second-order valence-corrected chi connectivity index (χ2v) is 5.55. The van der Waals surface area contributed by atoms with E-state index in [0.29, 0.717) is 0 Å².